The highest BCUT2D eigenvalue weighted by molar-refractivity contribution is 5.17. The van der Waals surface area contributed by atoms with Crippen molar-refractivity contribution < 1.29 is 4.42 Å². The van der Waals surface area contributed by atoms with Crippen LogP contribution in [-0.2, 0) is 0 Å². The first-order valence-corrected chi connectivity index (χ1v) is 4.98. The van der Waals surface area contributed by atoms with Crippen molar-refractivity contribution in [1.29, 1.82) is 0 Å². The number of hydrogen-bond donors (Lipinski definition) is 1. The number of hydrogen-bond acceptors (Lipinski definition) is 4. The predicted octanol–water partition coefficient (Wildman–Crippen LogP) is 2.20. The zero-order valence-electron chi connectivity index (χ0n) is 7.70. The van der Waals surface area contributed by atoms with E-state index < -0.39 is 0 Å². The van der Waals surface area contributed by atoms with Crippen molar-refractivity contribution in [3.05, 3.63) is 6.39 Å². The van der Waals surface area contributed by atoms with Gasteiger partial charge in [-0.05, 0) is 12.8 Å². The normalized spacial score (nSPS) is 19.7. The monoisotopic (exact) mass is 181 g/mol. The molecule has 1 aromatic heterocycles. The fraction of sp³-hybridized carbons (Fsp3) is 0.778. The van der Waals surface area contributed by atoms with Crippen LogP contribution in [0.25, 0.3) is 0 Å². The predicted molar refractivity (Wildman–Crippen MR) is 49.4 cm³/mol. The van der Waals surface area contributed by atoms with Crippen molar-refractivity contribution in [2.75, 3.05) is 5.32 Å². The van der Waals surface area contributed by atoms with Crippen LogP contribution in [0.1, 0.15) is 38.5 Å². The first-order chi connectivity index (χ1) is 6.45. The van der Waals surface area contributed by atoms with E-state index in [1.807, 2.05) is 0 Å². The van der Waals surface area contributed by atoms with Crippen LogP contribution in [0, 0.1) is 0 Å². The summed E-state index contributed by atoms with van der Waals surface area (Å²) in [6.07, 6.45) is 9.16. The van der Waals surface area contributed by atoms with Gasteiger partial charge in [0.15, 0.2) is 0 Å². The van der Waals surface area contributed by atoms with E-state index in [1.165, 1.54) is 44.9 Å². The summed E-state index contributed by atoms with van der Waals surface area (Å²) in [5, 5.41) is 10.7. The van der Waals surface area contributed by atoms with Crippen molar-refractivity contribution in [3.8, 4) is 0 Å². The van der Waals surface area contributed by atoms with Crippen LogP contribution in [0.4, 0.5) is 6.01 Å². The largest absolute Gasteiger partial charge is 0.411 e. The molecular weight excluding hydrogens is 166 g/mol. The second kappa shape index (κ2) is 4.25. The zero-order valence-corrected chi connectivity index (χ0v) is 7.70. The number of nitrogens with one attached hydrogen (secondary N) is 1. The molecule has 0 saturated heterocycles. The topological polar surface area (TPSA) is 51.0 Å². The molecule has 0 radical (unpaired) electrons. The summed E-state index contributed by atoms with van der Waals surface area (Å²) in [6.45, 7) is 0. The van der Waals surface area contributed by atoms with Gasteiger partial charge in [0.1, 0.15) is 0 Å². The Morgan fingerprint density at radius 2 is 2.00 bits per heavy atom. The molecule has 0 aliphatic heterocycles. The second-order valence-electron chi connectivity index (χ2n) is 3.58. The molecule has 0 spiro atoms. The van der Waals surface area contributed by atoms with Crippen molar-refractivity contribution in [2.45, 2.75) is 44.6 Å². The quantitative estimate of drug-likeness (QED) is 0.710. The van der Waals surface area contributed by atoms with Gasteiger partial charge >= 0.3 is 6.01 Å². The van der Waals surface area contributed by atoms with Gasteiger partial charge in [0, 0.05) is 6.04 Å². The van der Waals surface area contributed by atoms with Crippen LogP contribution >= 0.6 is 0 Å². The molecule has 13 heavy (non-hydrogen) atoms. The highest BCUT2D eigenvalue weighted by Gasteiger charge is 2.13. The summed E-state index contributed by atoms with van der Waals surface area (Å²) in [5.41, 5.74) is 0. The lowest BCUT2D eigenvalue weighted by atomic mass is 10.1. The first-order valence-electron chi connectivity index (χ1n) is 4.98. The SMILES string of the molecule is c1nnc(NC2CCCCCC2)o1. The summed E-state index contributed by atoms with van der Waals surface area (Å²) in [7, 11) is 0. The molecule has 0 bridgehead atoms. The van der Waals surface area contributed by atoms with Gasteiger partial charge in [0.25, 0.3) is 0 Å². The molecule has 4 heteroatoms. The third-order valence-electron chi connectivity index (χ3n) is 2.54. The minimum Gasteiger partial charge on any atom is -0.411 e. The maximum Gasteiger partial charge on any atom is 0.315 e. The fourth-order valence-electron chi connectivity index (χ4n) is 1.83. The van der Waals surface area contributed by atoms with E-state index in [-0.39, 0.29) is 0 Å². The lowest BCUT2D eigenvalue weighted by Gasteiger charge is -2.13. The molecule has 1 aliphatic carbocycles. The van der Waals surface area contributed by atoms with Crippen LogP contribution < -0.4 is 5.32 Å². The van der Waals surface area contributed by atoms with Crippen LogP contribution in [0.15, 0.2) is 10.8 Å². The molecule has 1 heterocycles. The van der Waals surface area contributed by atoms with Gasteiger partial charge in [-0.1, -0.05) is 30.8 Å². The van der Waals surface area contributed by atoms with Gasteiger partial charge < -0.3 is 9.73 Å². The smallest absolute Gasteiger partial charge is 0.315 e. The average Bonchev–Trinajstić information content (AvgIpc) is 2.49. The second-order valence-corrected chi connectivity index (χ2v) is 3.58. The third kappa shape index (κ3) is 2.44. The van der Waals surface area contributed by atoms with Crippen molar-refractivity contribution >= 4 is 6.01 Å². The van der Waals surface area contributed by atoms with Crippen LogP contribution in [-0.4, -0.2) is 16.2 Å². The van der Waals surface area contributed by atoms with Gasteiger partial charge in [0.05, 0.1) is 0 Å². The minimum atomic E-state index is 0.531. The fourth-order valence-corrected chi connectivity index (χ4v) is 1.83. The molecule has 1 aliphatic rings. The highest BCUT2D eigenvalue weighted by atomic mass is 16.4. The Kier molecular flexibility index (Phi) is 2.79. The van der Waals surface area contributed by atoms with E-state index in [0.717, 1.165) is 0 Å². The number of nitrogens with zero attached hydrogens (tertiary/aromatic N) is 2. The summed E-state index contributed by atoms with van der Waals surface area (Å²) < 4.78 is 5.04. The summed E-state index contributed by atoms with van der Waals surface area (Å²) in [6, 6.07) is 1.09. The lowest BCUT2D eigenvalue weighted by molar-refractivity contribution is 0.534. The van der Waals surface area contributed by atoms with Crippen LogP contribution in [0.2, 0.25) is 0 Å². The van der Waals surface area contributed by atoms with E-state index >= 15 is 0 Å². The number of aromatic nitrogens is 2. The summed E-state index contributed by atoms with van der Waals surface area (Å²) >= 11 is 0. The van der Waals surface area contributed by atoms with Crippen molar-refractivity contribution in [1.82, 2.24) is 10.2 Å². The minimum absolute atomic E-state index is 0.531. The summed E-state index contributed by atoms with van der Waals surface area (Å²) in [5.74, 6) is 0. The van der Waals surface area contributed by atoms with Crippen molar-refractivity contribution in [2.24, 2.45) is 0 Å². The van der Waals surface area contributed by atoms with E-state index in [2.05, 4.69) is 15.5 Å². The van der Waals surface area contributed by atoms with Crippen LogP contribution in [0.5, 0.6) is 0 Å². The maximum absolute atomic E-state index is 5.04. The molecule has 72 valence electrons. The standard InChI is InChI=1S/C9H15N3O/c1-2-4-6-8(5-3-1)11-9-12-10-7-13-9/h7-8H,1-6H2,(H,11,12). The molecule has 0 unspecified atom stereocenters. The Morgan fingerprint density at radius 3 is 2.62 bits per heavy atom. The van der Waals surface area contributed by atoms with Crippen molar-refractivity contribution in [3.63, 3.8) is 0 Å². The number of rotatable bonds is 2. The highest BCUT2D eigenvalue weighted by Crippen LogP contribution is 2.19. The molecule has 1 fully saturated rings. The van der Waals surface area contributed by atoms with Gasteiger partial charge in [-0.2, -0.15) is 0 Å². The van der Waals surface area contributed by atoms with Gasteiger partial charge in [0.2, 0.25) is 6.39 Å². The molecule has 0 aromatic carbocycles. The molecule has 4 nitrogen and oxygen atoms in total. The first kappa shape index (κ1) is 8.53. The molecule has 1 aromatic rings. The van der Waals surface area contributed by atoms with Crippen LogP contribution in [0.3, 0.4) is 0 Å². The molecule has 1 saturated carbocycles. The average molecular weight is 181 g/mol. The van der Waals surface area contributed by atoms with E-state index in [9.17, 15) is 0 Å². The van der Waals surface area contributed by atoms with Gasteiger partial charge in [-0.3, -0.25) is 0 Å². The molecule has 0 atom stereocenters. The molecule has 1 N–H and O–H groups in total. The Bertz CT molecular complexity index is 227. The Labute approximate surface area is 77.7 Å². The van der Waals surface area contributed by atoms with Gasteiger partial charge in [-0.25, -0.2) is 0 Å². The van der Waals surface area contributed by atoms with E-state index in [0.29, 0.717) is 12.1 Å². The third-order valence-corrected chi connectivity index (χ3v) is 2.54. The van der Waals surface area contributed by atoms with E-state index in [4.69, 9.17) is 4.42 Å². The number of anilines is 1. The maximum atomic E-state index is 5.04. The Morgan fingerprint density at radius 1 is 1.23 bits per heavy atom. The van der Waals surface area contributed by atoms with Gasteiger partial charge in [-0.15, -0.1) is 5.10 Å². The Hall–Kier alpha value is -1.06. The Balaban J connectivity index is 1.86. The summed E-state index contributed by atoms with van der Waals surface area (Å²) in [4.78, 5) is 0. The van der Waals surface area contributed by atoms with E-state index in [1.54, 1.807) is 0 Å². The molecule has 0 amide bonds. The molecule has 2 rings (SSSR count). The lowest BCUT2D eigenvalue weighted by Crippen LogP contribution is -2.18. The molecular formula is C9H15N3O. The zero-order chi connectivity index (χ0) is 8.93.